The number of carbonyl (C=O) groups excluding carboxylic acids is 1. The number of nitrogens with one attached hydrogen (secondary N) is 1. The van der Waals surface area contributed by atoms with Crippen molar-refractivity contribution >= 4 is 5.91 Å². The lowest BCUT2D eigenvalue weighted by atomic mass is 10.1. The van der Waals surface area contributed by atoms with Crippen LogP contribution in [-0.2, 0) is 16.1 Å². The number of rotatable bonds is 8. The zero-order valence-electron chi connectivity index (χ0n) is 12.2. The van der Waals surface area contributed by atoms with Gasteiger partial charge >= 0.3 is 0 Å². The quantitative estimate of drug-likeness (QED) is 0.679. The number of ether oxygens (including phenoxy) is 1. The van der Waals surface area contributed by atoms with E-state index in [9.17, 15) is 4.79 Å². The Morgan fingerprint density at radius 1 is 1.53 bits per heavy atom. The second-order valence-electron chi connectivity index (χ2n) is 4.59. The molecule has 0 fully saturated rings. The van der Waals surface area contributed by atoms with Crippen LogP contribution in [0.25, 0.3) is 0 Å². The van der Waals surface area contributed by atoms with Crippen molar-refractivity contribution in [3.8, 4) is 0 Å². The number of aromatic nitrogens is 2. The number of hydrogen-bond donors (Lipinski definition) is 2. The van der Waals surface area contributed by atoms with Crippen molar-refractivity contribution in [3.05, 3.63) is 17.0 Å². The van der Waals surface area contributed by atoms with E-state index in [0.717, 1.165) is 12.2 Å². The molecule has 0 radical (unpaired) electrons. The van der Waals surface area contributed by atoms with Crippen LogP contribution in [0, 0.1) is 13.8 Å². The van der Waals surface area contributed by atoms with Crippen molar-refractivity contribution < 1.29 is 9.53 Å². The number of nitrogens with zero attached hydrogens (tertiary/aromatic N) is 2. The summed E-state index contributed by atoms with van der Waals surface area (Å²) < 4.78 is 7.12. The molecule has 0 spiro atoms. The van der Waals surface area contributed by atoms with Crippen molar-refractivity contribution in [2.75, 3.05) is 19.8 Å². The van der Waals surface area contributed by atoms with Crippen molar-refractivity contribution in [2.45, 2.75) is 40.3 Å². The third kappa shape index (κ3) is 4.33. The molecule has 0 saturated heterocycles. The van der Waals surface area contributed by atoms with Crippen LogP contribution in [0.5, 0.6) is 0 Å². The summed E-state index contributed by atoms with van der Waals surface area (Å²) in [6.45, 7) is 10.3. The van der Waals surface area contributed by atoms with Gasteiger partial charge in [-0.15, -0.1) is 0 Å². The number of amides is 1. The molecule has 1 amide bonds. The predicted octanol–water partition coefficient (Wildman–Crippen LogP) is 0.672. The number of hydrogen-bond acceptors (Lipinski definition) is 4. The third-order valence-corrected chi connectivity index (χ3v) is 3.11. The Hall–Kier alpha value is -1.40. The first-order valence-corrected chi connectivity index (χ1v) is 6.60. The summed E-state index contributed by atoms with van der Waals surface area (Å²) in [7, 11) is 0. The minimum atomic E-state index is -0.441. The van der Waals surface area contributed by atoms with Gasteiger partial charge in [-0.25, -0.2) is 0 Å². The van der Waals surface area contributed by atoms with Crippen LogP contribution >= 0.6 is 0 Å². The average molecular weight is 268 g/mol. The molecule has 0 aliphatic rings. The average Bonchev–Trinajstić information content (AvgIpc) is 2.63. The van der Waals surface area contributed by atoms with Gasteiger partial charge in [0.25, 0.3) is 0 Å². The second-order valence-corrected chi connectivity index (χ2v) is 4.59. The normalized spacial score (nSPS) is 12.6. The molecule has 1 aromatic rings. The first-order chi connectivity index (χ1) is 8.97. The molecule has 19 heavy (non-hydrogen) atoms. The van der Waals surface area contributed by atoms with Crippen LogP contribution in [-0.4, -0.2) is 35.4 Å². The molecule has 1 heterocycles. The van der Waals surface area contributed by atoms with Gasteiger partial charge in [-0.2, -0.15) is 5.10 Å². The zero-order valence-corrected chi connectivity index (χ0v) is 12.2. The fraction of sp³-hybridized carbons (Fsp3) is 0.692. The van der Waals surface area contributed by atoms with Crippen molar-refractivity contribution in [1.82, 2.24) is 15.1 Å². The van der Waals surface area contributed by atoms with E-state index in [-0.39, 0.29) is 12.6 Å². The van der Waals surface area contributed by atoms with E-state index in [4.69, 9.17) is 10.5 Å². The summed E-state index contributed by atoms with van der Waals surface area (Å²) in [6.07, 6.45) is 0. The molecule has 1 atom stereocenters. The minimum absolute atomic E-state index is 0.0259. The van der Waals surface area contributed by atoms with E-state index in [1.165, 1.54) is 11.3 Å². The minimum Gasteiger partial charge on any atom is -0.370 e. The van der Waals surface area contributed by atoms with E-state index in [1.807, 2.05) is 11.6 Å². The molecule has 1 aromatic heterocycles. The van der Waals surface area contributed by atoms with Gasteiger partial charge < -0.3 is 15.8 Å². The Bertz CT molecular complexity index is 429. The Morgan fingerprint density at radius 3 is 2.74 bits per heavy atom. The van der Waals surface area contributed by atoms with Gasteiger partial charge in [0, 0.05) is 30.4 Å². The maximum absolute atomic E-state index is 10.5. The highest BCUT2D eigenvalue weighted by molar-refractivity contribution is 5.74. The molecular formula is C13H24N4O2. The maximum Gasteiger partial charge on any atom is 0.243 e. The van der Waals surface area contributed by atoms with Crippen LogP contribution in [0.4, 0.5) is 0 Å². The molecule has 0 aliphatic heterocycles. The fourth-order valence-electron chi connectivity index (χ4n) is 2.27. The first-order valence-electron chi connectivity index (χ1n) is 6.60. The van der Waals surface area contributed by atoms with E-state index in [1.54, 1.807) is 0 Å². The lowest BCUT2D eigenvalue weighted by Crippen LogP contribution is -2.26. The number of aryl methyl sites for hydroxylation is 2. The van der Waals surface area contributed by atoms with Gasteiger partial charge in [0.2, 0.25) is 5.91 Å². The Kier molecular flexibility index (Phi) is 5.98. The third-order valence-electron chi connectivity index (χ3n) is 3.11. The highest BCUT2D eigenvalue weighted by Gasteiger charge is 2.16. The Labute approximate surface area is 114 Å². The molecule has 1 rings (SSSR count). The summed E-state index contributed by atoms with van der Waals surface area (Å²) in [4.78, 5) is 10.5. The summed E-state index contributed by atoms with van der Waals surface area (Å²) in [5, 5.41) is 7.86. The van der Waals surface area contributed by atoms with Crippen molar-refractivity contribution in [1.29, 1.82) is 0 Å². The van der Waals surface area contributed by atoms with Crippen LogP contribution in [0.1, 0.15) is 36.8 Å². The molecule has 6 heteroatoms. The van der Waals surface area contributed by atoms with Crippen LogP contribution in [0.3, 0.4) is 0 Å². The van der Waals surface area contributed by atoms with Gasteiger partial charge in [0.15, 0.2) is 0 Å². The molecule has 3 N–H and O–H groups in total. The van der Waals surface area contributed by atoms with Crippen molar-refractivity contribution in [3.63, 3.8) is 0 Å². The summed E-state index contributed by atoms with van der Waals surface area (Å²) >= 11 is 0. The van der Waals surface area contributed by atoms with Crippen LogP contribution in [0.15, 0.2) is 0 Å². The van der Waals surface area contributed by atoms with Gasteiger partial charge in [-0.3, -0.25) is 9.48 Å². The molecule has 0 aromatic carbocycles. The number of carbonyl (C=O) groups is 1. The number of primary amides is 1. The number of nitrogens with two attached hydrogens (primary N) is 1. The van der Waals surface area contributed by atoms with Gasteiger partial charge in [-0.1, -0.05) is 0 Å². The van der Waals surface area contributed by atoms with E-state index < -0.39 is 5.91 Å². The fourth-order valence-corrected chi connectivity index (χ4v) is 2.27. The molecule has 1 unspecified atom stereocenters. The molecule has 6 nitrogen and oxygen atoms in total. The van der Waals surface area contributed by atoms with Crippen LogP contribution in [0.2, 0.25) is 0 Å². The van der Waals surface area contributed by atoms with Gasteiger partial charge in [-0.05, 0) is 27.7 Å². The molecule has 0 bridgehead atoms. The van der Waals surface area contributed by atoms with E-state index in [2.05, 4.69) is 31.2 Å². The summed E-state index contributed by atoms with van der Waals surface area (Å²) in [6, 6.07) is 0.206. The molecule has 0 aliphatic carbocycles. The largest absolute Gasteiger partial charge is 0.370 e. The Morgan fingerprint density at radius 2 is 2.21 bits per heavy atom. The topological polar surface area (TPSA) is 82.2 Å². The molecular weight excluding hydrogens is 244 g/mol. The predicted molar refractivity (Wildman–Crippen MR) is 73.8 cm³/mol. The Balaban J connectivity index is 2.47. The summed E-state index contributed by atoms with van der Waals surface area (Å²) in [5.41, 5.74) is 8.47. The first kappa shape index (κ1) is 15.7. The van der Waals surface area contributed by atoms with E-state index >= 15 is 0 Å². The van der Waals surface area contributed by atoms with Crippen LogP contribution < -0.4 is 11.1 Å². The monoisotopic (exact) mass is 268 g/mol. The van der Waals surface area contributed by atoms with Gasteiger partial charge in [0.05, 0.1) is 12.3 Å². The second kappa shape index (κ2) is 7.25. The highest BCUT2D eigenvalue weighted by Crippen LogP contribution is 2.20. The SMILES string of the molecule is CCn1nc(C)c(C(C)NCCOCC(N)=O)c1C. The van der Waals surface area contributed by atoms with Gasteiger partial charge in [0.1, 0.15) is 6.61 Å². The zero-order chi connectivity index (χ0) is 14.4. The lowest BCUT2D eigenvalue weighted by Gasteiger charge is -2.14. The highest BCUT2D eigenvalue weighted by atomic mass is 16.5. The maximum atomic E-state index is 10.5. The molecule has 108 valence electrons. The smallest absolute Gasteiger partial charge is 0.243 e. The van der Waals surface area contributed by atoms with E-state index in [0.29, 0.717) is 13.2 Å². The summed E-state index contributed by atoms with van der Waals surface area (Å²) in [5.74, 6) is -0.441. The van der Waals surface area contributed by atoms with Crippen molar-refractivity contribution in [2.24, 2.45) is 5.73 Å². The standard InChI is InChI=1S/C13H24N4O2/c1-5-17-11(4)13(10(3)16-17)9(2)15-6-7-19-8-12(14)18/h9,15H,5-8H2,1-4H3,(H2,14,18). The lowest BCUT2D eigenvalue weighted by molar-refractivity contribution is -0.122. The molecule has 0 saturated carbocycles.